The highest BCUT2D eigenvalue weighted by Crippen LogP contribution is 2.31. The fourth-order valence-corrected chi connectivity index (χ4v) is 3.11. The van der Waals surface area contributed by atoms with Crippen LogP contribution >= 0.6 is 0 Å². The smallest absolute Gasteiger partial charge is 0.241 e. The average molecular weight is 312 g/mol. The molecule has 0 fully saturated rings. The Balaban J connectivity index is 1.51. The summed E-state index contributed by atoms with van der Waals surface area (Å²) in [5.74, 6) is -0.125. The summed E-state index contributed by atoms with van der Waals surface area (Å²) in [6, 6.07) is 14.8. The minimum Gasteiger partial charge on any atom is -0.308 e. The van der Waals surface area contributed by atoms with E-state index in [4.69, 9.17) is 0 Å². The molecule has 3 nitrogen and oxygen atoms in total. The molecule has 3 rings (SSSR count). The van der Waals surface area contributed by atoms with Crippen LogP contribution in [-0.2, 0) is 17.6 Å². The Hall–Kier alpha value is -2.20. The van der Waals surface area contributed by atoms with Gasteiger partial charge in [-0.25, -0.2) is 4.39 Å². The highest BCUT2D eigenvalue weighted by Gasteiger charge is 2.29. The molecule has 1 aliphatic rings. The summed E-state index contributed by atoms with van der Waals surface area (Å²) in [6.07, 6.45) is 1.69. The number of para-hydroxylation sites is 1. The minimum atomic E-state index is -0.224. The first-order valence-corrected chi connectivity index (χ1v) is 8.00. The Bertz CT molecular complexity index is 684. The summed E-state index contributed by atoms with van der Waals surface area (Å²) in [5, 5.41) is 3.19. The highest BCUT2D eigenvalue weighted by molar-refractivity contribution is 5.97. The van der Waals surface area contributed by atoms with E-state index in [2.05, 4.69) is 18.3 Å². The van der Waals surface area contributed by atoms with E-state index < -0.39 is 0 Å². The van der Waals surface area contributed by atoms with Crippen molar-refractivity contribution in [2.24, 2.45) is 0 Å². The van der Waals surface area contributed by atoms with Crippen LogP contribution < -0.4 is 10.2 Å². The molecule has 0 radical (unpaired) electrons. The van der Waals surface area contributed by atoms with Crippen LogP contribution in [0.1, 0.15) is 18.1 Å². The summed E-state index contributed by atoms with van der Waals surface area (Å²) in [4.78, 5) is 14.4. The van der Waals surface area contributed by atoms with Crippen molar-refractivity contribution < 1.29 is 9.18 Å². The van der Waals surface area contributed by atoms with Gasteiger partial charge in [-0.2, -0.15) is 0 Å². The largest absolute Gasteiger partial charge is 0.308 e. The number of rotatable bonds is 5. The zero-order valence-electron chi connectivity index (χ0n) is 13.3. The third-order valence-electron chi connectivity index (χ3n) is 4.26. The maximum Gasteiger partial charge on any atom is 0.241 e. The second-order valence-corrected chi connectivity index (χ2v) is 6.00. The molecule has 1 heterocycles. The molecule has 2 aromatic rings. The SMILES string of the molecule is CC1Cc2ccccc2N1C(=O)CNCCc1ccc(F)cc1. The molecule has 1 aliphatic heterocycles. The molecule has 0 spiro atoms. The molecule has 1 unspecified atom stereocenters. The Kier molecular flexibility index (Phi) is 4.72. The molecule has 1 atom stereocenters. The van der Waals surface area contributed by atoms with Crippen LogP contribution in [0.5, 0.6) is 0 Å². The van der Waals surface area contributed by atoms with Crippen molar-refractivity contribution in [3.05, 3.63) is 65.5 Å². The number of nitrogens with one attached hydrogen (secondary N) is 1. The van der Waals surface area contributed by atoms with E-state index in [1.165, 1.54) is 17.7 Å². The third-order valence-corrected chi connectivity index (χ3v) is 4.26. The number of hydrogen-bond donors (Lipinski definition) is 1. The lowest BCUT2D eigenvalue weighted by atomic mass is 10.1. The Morgan fingerprint density at radius 1 is 1.22 bits per heavy atom. The van der Waals surface area contributed by atoms with Gasteiger partial charge >= 0.3 is 0 Å². The molecule has 0 aromatic heterocycles. The second kappa shape index (κ2) is 6.92. The van der Waals surface area contributed by atoms with E-state index >= 15 is 0 Å². The number of benzene rings is 2. The minimum absolute atomic E-state index is 0.0987. The highest BCUT2D eigenvalue weighted by atomic mass is 19.1. The van der Waals surface area contributed by atoms with E-state index in [0.29, 0.717) is 13.1 Å². The molecule has 23 heavy (non-hydrogen) atoms. The third kappa shape index (κ3) is 3.59. The lowest BCUT2D eigenvalue weighted by Gasteiger charge is -2.23. The Labute approximate surface area is 136 Å². The van der Waals surface area contributed by atoms with Gasteiger partial charge in [-0.15, -0.1) is 0 Å². The van der Waals surface area contributed by atoms with Gasteiger partial charge in [0.25, 0.3) is 0 Å². The molecule has 0 saturated heterocycles. The number of carbonyl (C=O) groups excluding carboxylic acids is 1. The molecule has 1 N–H and O–H groups in total. The molecule has 1 amide bonds. The number of carbonyl (C=O) groups is 1. The van der Waals surface area contributed by atoms with Gasteiger partial charge in [0, 0.05) is 11.7 Å². The van der Waals surface area contributed by atoms with Crippen LogP contribution in [0.4, 0.5) is 10.1 Å². The topological polar surface area (TPSA) is 32.3 Å². The van der Waals surface area contributed by atoms with Crippen molar-refractivity contribution in [1.82, 2.24) is 5.32 Å². The Morgan fingerprint density at radius 3 is 2.74 bits per heavy atom. The Morgan fingerprint density at radius 2 is 1.96 bits per heavy atom. The monoisotopic (exact) mass is 312 g/mol. The molecular formula is C19H21FN2O. The summed E-state index contributed by atoms with van der Waals surface area (Å²) >= 11 is 0. The summed E-state index contributed by atoms with van der Waals surface area (Å²) in [5.41, 5.74) is 3.33. The lowest BCUT2D eigenvalue weighted by Crippen LogP contribution is -2.41. The van der Waals surface area contributed by atoms with Crippen molar-refractivity contribution >= 4 is 11.6 Å². The zero-order chi connectivity index (χ0) is 16.2. The van der Waals surface area contributed by atoms with Crippen LogP contribution in [0.25, 0.3) is 0 Å². The van der Waals surface area contributed by atoms with Gasteiger partial charge in [-0.1, -0.05) is 30.3 Å². The average Bonchev–Trinajstić information content (AvgIpc) is 2.89. The normalized spacial score (nSPS) is 16.4. The van der Waals surface area contributed by atoms with Crippen LogP contribution in [0.3, 0.4) is 0 Å². The van der Waals surface area contributed by atoms with Gasteiger partial charge in [0.05, 0.1) is 6.54 Å². The van der Waals surface area contributed by atoms with Crippen molar-refractivity contribution in [1.29, 1.82) is 0 Å². The van der Waals surface area contributed by atoms with Crippen molar-refractivity contribution in [2.45, 2.75) is 25.8 Å². The van der Waals surface area contributed by atoms with Crippen molar-refractivity contribution in [2.75, 3.05) is 18.0 Å². The first-order valence-electron chi connectivity index (χ1n) is 8.00. The van der Waals surface area contributed by atoms with Crippen LogP contribution in [-0.4, -0.2) is 25.0 Å². The van der Waals surface area contributed by atoms with Gasteiger partial charge in [-0.3, -0.25) is 4.79 Å². The standard InChI is InChI=1S/C19H21FN2O/c1-14-12-16-4-2-3-5-18(16)22(14)19(23)13-21-11-10-15-6-8-17(20)9-7-15/h2-9,14,21H,10-13H2,1H3. The maximum atomic E-state index is 12.8. The number of amides is 1. The predicted octanol–water partition coefficient (Wildman–Crippen LogP) is 2.94. The van der Waals surface area contributed by atoms with Gasteiger partial charge in [0.1, 0.15) is 5.82 Å². The van der Waals surface area contributed by atoms with E-state index in [9.17, 15) is 9.18 Å². The molecule has 2 aromatic carbocycles. The second-order valence-electron chi connectivity index (χ2n) is 6.00. The maximum absolute atomic E-state index is 12.8. The van der Waals surface area contributed by atoms with Gasteiger partial charge < -0.3 is 10.2 Å². The van der Waals surface area contributed by atoms with Gasteiger partial charge in [0.2, 0.25) is 5.91 Å². The molecule has 4 heteroatoms. The number of anilines is 1. The van der Waals surface area contributed by atoms with E-state index in [1.54, 1.807) is 12.1 Å². The predicted molar refractivity (Wildman–Crippen MR) is 90.1 cm³/mol. The quantitative estimate of drug-likeness (QED) is 0.861. The molecule has 0 aliphatic carbocycles. The van der Waals surface area contributed by atoms with Gasteiger partial charge in [0.15, 0.2) is 0 Å². The molecule has 120 valence electrons. The first-order chi connectivity index (χ1) is 11.1. The molecule has 0 bridgehead atoms. The number of fused-ring (bicyclic) bond motifs is 1. The van der Waals surface area contributed by atoms with Crippen LogP contribution in [0.15, 0.2) is 48.5 Å². The van der Waals surface area contributed by atoms with E-state index in [0.717, 1.165) is 24.1 Å². The lowest BCUT2D eigenvalue weighted by molar-refractivity contribution is -0.118. The summed E-state index contributed by atoms with van der Waals surface area (Å²) < 4.78 is 12.8. The van der Waals surface area contributed by atoms with Crippen LogP contribution in [0, 0.1) is 5.82 Å². The number of hydrogen-bond acceptors (Lipinski definition) is 2. The fraction of sp³-hybridized carbons (Fsp3) is 0.316. The van der Waals surface area contributed by atoms with E-state index in [1.807, 2.05) is 23.1 Å². The fourth-order valence-electron chi connectivity index (χ4n) is 3.11. The van der Waals surface area contributed by atoms with E-state index in [-0.39, 0.29) is 17.8 Å². The summed E-state index contributed by atoms with van der Waals surface area (Å²) in [7, 11) is 0. The molecular weight excluding hydrogens is 291 g/mol. The first kappa shape index (κ1) is 15.7. The van der Waals surface area contributed by atoms with Crippen molar-refractivity contribution in [3.8, 4) is 0 Å². The van der Waals surface area contributed by atoms with Gasteiger partial charge in [-0.05, 0) is 55.6 Å². The number of nitrogens with zero attached hydrogens (tertiary/aromatic N) is 1. The molecule has 0 saturated carbocycles. The van der Waals surface area contributed by atoms with Crippen molar-refractivity contribution in [3.63, 3.8) is 0 Å². The zero-order valence-corrected chi connectivity index (χ0v) is 13.3. The summed E-state index contributed by atoms with van der Waals surface area (Å²) in [6.45, 7) is 3.09. The number of halogens is 1. The van der Waals surface area contributed by atoms with Crippen LogP contribution in [0.2, 0.25) is 0 Å².